The van der Waals surface area contributed by atoms with Gasteiger partial charge in [-0.15, -0.1) is 0 Å². The van der Waals surface area contributed by atoms with Crippen LogP contribution in [0.15, 0.2) is 36.4 Å². The molecule has 36 heavy (non-hydrogen) atoms. The number of benzene rings is 2. The van der Waals surface area contributed by atoms with Gasteiger partial charge in [0.25, 0.3) is 0 Å². The zero-order chi connectivity index (χ0) is 26.2. The van der Waals surface area contributed by atoms with Crippen molar-refractivity contribution in [2.75, 3.05) is 13.7 Å². The van der Waals surface area contributed by atoms with Crippen molar-refractivity contribution in [1.82, 2.24) is 0 Å². The van der Waals surface area contributed by atoms with Crippen molar-refractivity contribution >= 4 is 11.9 Å². The number of methoxy groups -OCH3 is 1. The summed E-state index contributed by atoms with van der Waals surface area (Å²) < 4.78 is 28.4. The van der Waals surface area contributed by atoms with Crippen LogP contribution in [0.1, 0.15) is 68.9 Å². The highest BCUT2D eigenvalue weighted by molar-refractivity contribution is 5.66. The Balaban J connectivity index is 1.99. The zero-order valence-corrected chi connectivity index (χ0v) is 21.4. The Hall–Kier alpha value is -3.57. The highest BCUT2D eigenvalue weighted by Gasteiger charge is 2.35. The first-order valence-electron chi connectivity index (χ1n) is 12.0. The Labute approximate surface area is 212 Å². The van der Waals surface area contributed by atoms with Crippen molar-refractivity contribution < 1.29 is 33.3 Å². The topological polar surface area (TPSA) is 104 Å². The van der Waals surface area contributed by atoms with E-state index in [-0.39, 0.29) is 18.7 Å². The molecule has 0 saturated carbocycles. The second-order valence-electron chi connectivity index (χ2n) is 9.10. The predicted octanol–water partition coefficient (Wildman–Crippen LogP) is 4.66. The Morgan fingerprint density at radius 1 is 1.11 bits per heavy atom. The average molecular weight is 496 g/mol. The number of carbonyl (C=O) groups excluding carboxylic acids is 2. The molecule has 0 spiro atoms. The van der Waals surface area contributed by atoms with Crippen molar-refractivity contribution in [2.45, 2.75) is 71.4 Å². The maximum atomic E-state index is 11.7. The van der Waals surface area contributed by atoms with Gasteiger partial charge in [-0.3, -0.25) is 9.59 Å². The highest BCUT2D eigenvalue weighted by Crippen LogP contribution is 2.40. The molecule has 2 aromatic carbocycles. The fourth-order valence-corrected chi connectivity index (χ4v) is 4.29. The molecule has 0 aliphatic carbocycles. The van der Waals surface area contributed by atoms with Gasteiger partial charge < -0.3 is 23.7 Å². The third-order valence-corrected chi connectivity index (χ3v) is 5.78. The summed E-state index contributed by atoms with van der Waals surface area (Å²) in [6, 6.07) is 13.6. The molecule has 3 rings (SSSR count). The number of nitrogens with zero attached hydrogens (tertiary/aromatic N) is 1. The van der Waals surface area contributed by atoms with E-state index in [9.17, 15) is 14.9 Å². The third kappa shape index (κ3) is 7.46. The maximum Gasteiger partial charge on any atom is 0.302 e. The first-order valence-corrected chi connectivity index (χ1v) is 12.0. The molecule has 192 valence electrons. The van der Waals surface area contributed by atoms with E-state index in [1.165, 1.54) is 13.8 Å². The molecule has 0 unspecified atom stereocenters. The number of hydrogen-bond donors (Lipinski definition) is 0. The molecule has 0 bridgehead atoms. The van der Waals surface area contributed by atoms with Gasteiger partial charge >= 0.3 is 11.9 Å². The molecule has 3 atom stereocenters. The lowest BCUT2D eigenvalue weighted by Gasteiger charge is -2.35. The first-order chi connectivity index (χ1) is 17.2. The van der Waals surface area contributed by atoms with Crippen LogP contribution in [0.3, 0.4) is 0 Å². The summed E-state index contributed by atoms with van der Waals surface area (Å²) in [7, 11) is 1.62. The molecule has 1 fully saturated rings. The van der Waals surface area contributed by atoms with Crippen molar-refractivity contribution in [3.63, 3.8) is 0 Å². The van der Waals surface area contributed by atoms with Crippen molar-refractivity contribution in [3.8, 4) is 17.6 Å². The monoisotopic (exact) mass is 495 g/mol. The minimum atomic E-state index is -0.486. The van der Waals surface area contributed by atoms with E-state index < -0.39 is 24.3 Å². The van der Waals surface area contributed by atoms with Crippen LogP contribution in [0, 0.1) is 11.3 Å². The molecule has 1 heterocycles. The summed E-state index contributed by atoms with van der Waals surface area (Å²) in [6.07, 6.45) is -0.123. The van der Waals surface area contributed by atoms with Crippen LogP contribution in [0.25, 0.3) is 0 Å². The SMILES string of the molecule is COc1ccc(Cc2cc([C@H]3C[C@@H](OC(C)=O)C[C@@H](COC(C)=O)O3)c(OC(C)C)cc2C#N)cc1. The van der Waals surface area contributed by atoms with E-state index in [0.29, 0.717) is 30.6 Å². The number of hydrogen-bond acceptors (Lipinski definition) is 8. The second kappa shape index (κ2) is 12.4. The minimum absolute atomic E-state index is 0.0545. The van der Waals surface area contributed by atoms with E-state index in [1.54, 1.807) is 13.2 Å². The number of carbonyl (C=O) groups is 2. The van der Waals surface area contributed by atoms with Crippen LogP contribution in [-0.4, -0.2) is 44.0 Å². The smallest absolute Gasteiger partial charge is 0.302 e. The molecule has 1 aliphatic heterocycles. The van der Waals surface area contributed by atoms with E-state index in [0.717, 1.165) is 22.4 Å². The zero-order valence-electron chi connectivity index (χ0n) is 21.4. The maximum absolute atomic E-state index is 11.7. The van der Waals surface area contributed by atoms with Crippen LogP contribution >= 0.6 is 0 Å². The summed E-state index contributed by atoms with van der Waals surface area (Å²) in [4.78, 5) is 23.1. The normalized spacial score (nSPS) is 19.3. The van der Waals surface area contributed by atoms with Crippen molar-refractivity contribution in [3.05, 3.63) is 58.7 Å². The predicted molar refractivity (Wildman–Crippen MR) is 132 cm³/mol. The van der Waals surface area contributed by atoms with E-state index >= 15 is 0 Å². The molecule has 8 nitrogen and oxygen atoms in total. The summed E-state index contributed by atoms with van der Waals surface area (Å²) in [5.41, 5.74) is 3.11. The first kappa shape index (κ1) is 27.0. The Kier molecular flexibility index (Phi) is 9.31. The fraction of sp³-hybridized carbons (Fsp3) is 0.464. The number of ether oxygens (including phenoxy) is 5. The Morgan fingerprint density at radius 3 is 2.42 bits per heavy atom. The van der Waals surface area contributed by atoms with Crippen LogP contribution in [-0.2, 0) is 30.2 Å². The van der Waals surface area contributed by atoms with Gasteiger partial charge in [-0.2, -0.15) is 5.26 Å². The average Bonchev–Trinajstić information content (AvgIpc) is 2.83. The number of nitriles is 1. The summed E-state index contributed by atoms with van der Waals surface area (Å²) in [5.74, 6) is 0.505. The van der Waals surface area contributed by atoms with Crippen LogP contribution in [0.2, 0.25) is 0 Å². The molecule has 0 amide bonds. The molecule has 2 aromatic rings. The van der Waals surface area contributed by atoms with Crippen LogP contribution in [0.4, 0.5) is 0 Å². The fourth-order valence-electron chi connectivity index (χ4n) is 4.29. The van der Waals surface area contributed by atoms with Gasteiger partial charge in [0.05, 0.1) is 37.1 Å². The summed E-state index contributed by atoms with van der Waals surface area (Å²) >= 11 is 0. The Bertz CT molecular complexity index is 1100. The van der Waals surface area contributed by atoms with Gasteiger partial charge in [-0.05, 0) is 55.7 Å². The standard InChI is InChI=1S/C28H33NO7/c1-17(2)34-27-12-22(15-29)21(10-20-6-8-23(32-5)9-7-20)11-26(27)28-14-24(35-19(4)31)13-25(36-28)16-33-18(3)30/h6-9,11-12,17,24-25,28H,10,13-14,16H2,1-5H3/t24-,25-,28+/m0/s1. The lowest BCUT2D eigenvalue weighted by atomic mass is 9.91. The Morgan fingerprint density at radius 2 is 1.83 bits per heavy atom. The lowest BCUT2D eigenvalue weighted by molar-refractivity contribution is -0.169. The molecule has 1 saturated heterocycles. The summed E-state index contributed by atoms with van der Waals surface area (Å²) in [6.45, 7) is 6.58. The molecule has 0 radical (unpaired) electrons. The van der Waals surface area contributed by atoms with E-state index in [4.69, 9.17) is 23.7 Å². The van der Waals surface area contributed by atoms with Crippen molar-refractivity contribution in [1.29, 1.82) is 5.26 Å². The third-order valence-electron chi connectivity index (χ3n) is 5.78. The van der Waals surface area contributed by atoms with Crippen LogP contribution < -0.4 is 9.47 Å². The summed E-state index contributed by atoms with van der Waals surface area (Å²) in [5, 5.41) is 9.88. The lowest BCUT2D eigenvalue weighted by Crippen LogP contribution is -2.37. The highest BCUT2D eigenvalue weighted by atomic mass is 16.6. The van der Waals surface area contributed by atoms with Gasteiger partial charge in [-0.25, -0.2) is 0 Å². The van der Waals surface area contributed by atoms with Gasteiger partial charge in [0.2, 0.25) is 0 Å². The molecule has 0 N–H and O–H groups in total. The van der Waals surface area contributed by atoms with Crippen LogP contribution in [0.5, 0.6) is 11.5 Å². The molecule has 0 aromatic heterocycles. The van der Waals surface area contributed by atoms with E-state index in [1.807, 2.05) is 44.2 Å². The molecule has 1 aliphatic rings. The van der Waals surface area contributed by atoms with Crippen molar-refractivity contribution in [2.24, 2.45) is 0 Å². The largest absolute Gasteiger partial charge is 0.497 e. The van der Waals surface area contributed by atoms with Gasteiger partial charge in [0, 0.05) is 32.3 Å². The minimum Gasteiger partial charge on any atom is -0.497 e. The van der Waals surface area contributed by atoms with Gasteiger partial charge in [0.15, 0.2) is 0 Å². The number of rotatable bonds is 9. The molecular formula is C28H33NO7. The van der Waals surface area contributed by atoms with E-state index in [2.05, 4.69) is 6.07 Å². The quantitative estimate of drug-likeness (QED) is 0.463. The van der Waals surface area contributed by atoms with Gasteiger partial charge in [0.1, 0.15) is 24.2 Å². The molecular weight excluding hydrogens is 462 g/mol. The number of esters is 2. The second-order valence-corrected chi connectivity index (χ2v) is 9.10. The van der Waals surface area contributed by atoms with Gasteiger partial charge in [-0.1, -0.05) is 12.1 Å². The molecule has 8 heteroatoms.